The average molecular weight is 332 g/mol. The highest BCUT2D eigenvalue weighted by Gasteiger charge is 2.54. The number of benzene rings is 1. The molecule has 124 valence electrons. The van der Waals surface area contributed by atoms with Gasteiger partial charge in [-0.05, 0) is 68.9 Å². The fourth-order valence-corrected chi connectivity index (χ4v) is 5.86. The molecule has 0 amide bonds. The Morgan fingerprint density at radius 3 is 2.39 bits per heavy atom. The van der Waals surface area contributed by atoms with Gasteiger partial charge >= 0.3 is 0 Å². The van der Waals surface area contributed by atoms with Crippen molar-refractivity contribution in [3.8, 4) is 0 Å². The van der Waals surface area contributed by atoms with E-state index in [4.69, 9.17) is 0 Å². The van der Waals surface area contributed by atoms with E-state index in [1.807, 2.05) is 19.1 Å². The van der Waals surface area contributed by atoms with Crippen LogP contribution in [0.15, 0.2) is 34.3 Å². The molecule has 0 unspecified atom stereocenters. The molecule has 0 heterocycles. The number of fused-ring (bicyclic) bond motifs is 4. The predicted octanol–water partition coefficient (Wildman–Crippen LogP) is 3.48. The highest BCUT2D eigenvalue weighted by atomic mass is 32.2. The molecule has 3 aliphatic carbocycles. The van der Waals surface area contributed by atoms with Crippen molar-refractivity contribution in [3.05, 3.63) is 29.8 Å². The lowest BCUT2D eigenvalue weighted by Crippen LogP contribution is -2.50. The molecule has 1 aromatic rings. The molecule has 0 radical (unpaired) electrons. The minimum atomic E-state index is -3.55. The molecule has 0 aromatic heterocycles. The first-order chi connectivity index (χ1) is 11.1. The molecule has 0 bridgehead atoms. The summed E-state index contributed by atoms with van der Waals surface area (Å²) in [6, 6.07) is 6.90. The second-order valence-electron chi connectivity index (χ2n) is 7.35. The number of nitrogens with one attached hydrogen (secondary N) is 1. The van der Waals surface area contributed by atoms with E-state index in [1.165, 1.54) is 25.7 Å². The lowest BCUT2D eigenvalue weighted by Gasteiger charge is -2.52. The third-order valence-corrected chi connectivity index (χ3v) is 7.32. The maximum Gasteiger partial charge on any atom is 0.276 e. The minimum absolute atomic E-state index is 0.284. The van der Waals surface area contributed by atoms with Crippen LogP contribution >= 0.6 is 0 Å². The smallest absolute Gasteiger partial charge is 0.200 e. The summed E-state index contributed by atoms with van der Waals surface area (Å²) in [6.45, 7) is 1.95. The molecule has 23 heavy (non-hydrogen) atoms. The van der Waals surface area contributed by atoms with Gasteiger partial charge in [0.2, 0.25) is 0 Å². The number of hydrogen-bond acceptors (Lipinski definition) is 3. The molecule has 1 N–H and O–H groups in total. The molecule has 4 rings (SSSR count). The number of rotatable bonds is 3. The van der Waals surface area contributed by atoms with E-state index in [-0.39, 0.29) is 4.90 Å². The van der Waals surface area contributed by atoms with Gasteiger partial charge in [-0.3, -0.25) is 0 Å². The van der Waals surface area contributed by atoms with E-state index in [2.05, 4.69) is 9.93 Å². The summed E-state index contributed by atoms with van der Waals surface area (Å²) in [5.41, 5.74) is 2.15. The van der Waals surface area contributed by atoms with Gasteiger partial charge < -0.3 is 0 Å². The van der Waals surface area contributed by atoms with E-state index in [9.17, 15) is 8.42 Å². The lowest BCUT2D eigenvalue weighted by atomic mass is 9.52. The van der Waals surface area contributed by atoms with Crippen LogP contribution in [-0.4, -0.2) is 14.1 Å². The van der Waals surface area contributed by atoms with Crippen LogP contribution in [0.2, 0.25) is 0 Å². The van der Waals surface area contributed by atoms with Gasteiger partial charge in [0, 0.05) is 11.6 Å². The van der Waals surface area contributed by atoms with Gasteiger partial charge in [0.1, 0.15) is 0 Å². The second-order valence-corrected chi connectivity index (χ2v) is 9.01. The Labute approximate surface area is 138 Å². The van der Waals surface area contributed by atoms with Gasteiger partial charge in [-0.2, -0.15) is 13.5 Å². The molecule has 0 spiro atoms. The summed E-state index contributed by atoms with van der Waals surface area (Å²) in [5.74, 6) is 2.96. The Kier molecular flexibility index (Phi) is 3.71. The van der Waals surface area contributed by atoms with Crippen LogP contribution in [0.3, 0.4) is 0 Å². The first kappa shape index (κ1) is 15.2. The van der Waals surface area contributed by atoms with Crippen LogP contribution in [0.5, 0.6) is 0 Å². The Balaban J connectivity index is 1.52. The Morgan fingerprint density at radius 1 is 1.00 bits per heavy atom. The van der Waals surface area contributed by atoms with Crippen LogP contribution in [0, 0.1) is 30.6 Å². The van der Waals surface area contributed by atoms with Gasteiger partial charge in [-0.1, -0.05) is 24.1 Å². The number of hydrazone groups is 1. The van der Waals surface area contributed by atoms with Crippen molar-refractivity contribution in [3.63, 3.8) is 0 Å². The molecule has 1 aromatic carbocycles. The van der Waals surface area contributed by atoms with Gasteiger partial charge in [-0.25, -0.2) is 4.83 Å². The lowest BCUT2D eigenvalue weighted by molar-refractivity contribution is 0.0316. The third-order valence-electron chi connectivity index (χ3n) is 6.09. The summed E-state index contributed by atoms with van der Waals surface area (Å²) in [7, 11) is -3.55. The van der Waals surface area contributed by atoms with E-state index in [1.54, 1.807) is 12.1 Å². The standard InChI is InChI=1S/C18H24N2O2S/c1-12-8-10-13(11-9-12)23(21,22)20-19-17-7-3-6-16-14-4-2-5-15(14)18(16)17/h8-11,14-16,18,20H,2-7H2,1H3/b19-17+/t14-,15-,16-,18+/m0/s1. The predicted molar refractivity (Wildman–Crippen MR) is 90.6 cm³/mol. The number of sulfonamides is 1. The Bertz CT molecular complexity index is 724. The number of nitrogens with zero attached hydrogens (tertiary/aromatic N) is 1. The fraction of sp³-hybridized carbons (Fsp3) is 0.611. The van der Waals surface area contributed by atoms with Crippen LogP contribution in [0.25, 0.3) is 0 Å². The molecule has 3 saturated carbocycles. The third kappa shape index (κ3) is 2.59. The first-order valence-electron chi connectivity index (χ1n) is 8.71. The molecule has 4 atom stereocenters. The highest BCUT2D eigenvalue weighted by molar-refractivity contribution is 7.89. The van der Waals surface area contributed by atoms with Crippen molar-refractivity contribution in [2.45, 2.75) is 50.3 Å². The molecule has 5 heteroatoms. The normalized spacial score (nSPS) is 34.6. The quantitative estimate of drug-likeness (QED) is 0.862. The van der Waals surface area contributed by atoms with Crippen LogP contribution in [-0.2, 0) is 10.0 Å². The van der Waals surface area contributed by atoms with Gasteiger partial charge in [0.05, 0.1) is 4.90 Å². The minimum Gasteiger partial charge on any atom is -0.200 e. The van der Waals surface area contributed by atoms with Crippen molar-refractivity contribution in [1.82, 2.24) is 4.83 Å². The molecule has 0 aliphatic heterocycles. The van der Waals surface area contributed by atoms with E-state index < -0.39 is 10.0 Å². The number of aryl methyl sites for hydroxylation is 1. The zero-order valence-corrected chi connectivity index (χ0v) is 14.3. The fourth-order valence-electron chi connectivity index (χ4n) is 5.03. The summed E-state index contributed by atoms with van der Waals surface area (Å²) in [4.78, 5) is 2.77. The molecular formula is C18H24N2O2S. The largest absolute Gasteiger partial charge is 0.276 e. The molecule has 3 fully saturated rings. The maximum atomic E-state index is 12.4. The van der Waals surface area contributed by atoms with Gasteiger partial charge in [0.15, 0.2) is 0 Å². The molecule has 0 saturated heterocycles. The van der Waals surface area contributed by atoms with Crippen LogP contribution in [0.1, 0.15) is 44.1 Å². The zero-order chi connectivity index (χ0) is 16.0. The van der Waals surface area contributed by atoms with E-state index in [0.717, 1.165) is 41.9 Å². The topological polar surface area (TPSA) is 58.5 Å². The molecule has 4 nitrogen and oxygen atoms in total. The van der Waals surface area contributed by atoms with Crippen molar-refractivity contribution in [2.24, 2.45) is 28.8 Å². The van der Waals surface area contributed by atoms with Crippen LogP contribution in [0.4, 0.5) is 0 Å². The monoisotopic (exact) mass is 332 g/mol. The Morgan fingerprint density at radius 2 is 1.65 bits per heavy atom. The van der Waals surface area contributed by atoms with Crippen molar-refractivity contribution < 1.29 is 8.42 Å². The molecular weight excluding hydrogens is 308 g/mol. The average Bonchev–Trinajstić information content (AvgIpc) is 2.94. The van der Waals surface area contributed by atoms with E-state index >= 15 is 0 Å². The second kappa shape index (κ2) is 5.62. The zero-order valence-electron chi connectivity index (χ0n) is 13.5. The van der Waals surface area contributed by atoms with Crippen LogP contribution < -0.4 is 4.83 Å². The SMILES string of the molecule is Cc1ccc(S(=O)(=O)N/N=C2\CCC[C@H]3[C@H]4CCC[C@@H]4[C@@H]23)cc1. The summed E-state index contributed by atoms with van der Waals surface area (Å²) in [5, 5.41) is 4.38. The van der Waals surface area contributed by atoms with Gasteiger partial charge in [-0.15, -0.1) is 0 Å². The summed E-state index contributed by atoms with van der Waals surface area (Å²) >= 11 is 0. The number of hydrogen-bond donors (Lipinski definition) is 1. The van der Waals surface area contributed by atoms with Crippen molar-refractivity contribution >= 4 is 15.7 Å². The highest BCUT2D eigenvalue weighted by Crippen LogP contribution is 2.59. The first-order valence-corrected chi connectivity index (χ1v) is 10.2. The van der Waals surface area contributed by atoms with Gasteiger partial charge in [0.25, 0.3) is 10.0 Å². The maximum absolute atomic E-state index is 12.4. The van der Waals surface area contributed by atoms with E-state index in [0.29, 0.717) is 5.92 Å². The molecule has 3 aliphatic rings. The Hall–Kier alpha value is -1.36. The summed E-state index contributed by atoms with van der Waals surface area (Å²) < 4.78 is 24.8. The van der Waals surface area contributed by atoms with Crippen molar-refractivity contribution in [1.29, 1.82) is 0 Å². The summed E-state index contributed by atoms with van der Waals surface area (Å²) in [6.07, 6.45) is 7.40. The van der Waals surface area contributed by atoms with Crippen molar-refractivity contribution in [2.75, 3.05) is 0 Å².